The molecule has 0 radical (unpaired) electrons. The first-order valence-electron chi connectivity index (χ1n) is 8.96. The minimum atomic E-state index is -0.216. The number of amides is 1. The monoisotopic (exact) mass is 390 g/mol. The molecule has 5 heteroatoms. The third-order valence-corrected chi connectivity index (χ3v) is 5.06. The molecule has 1 amide bonds. The van der Waals surface area contributed by atoms with Crippen LogP contribution < -0.4 is 5.32 Å². The predicted molar refractivity (Wildman–Crippen MR) is 113 cm³/mol. The van der Waals surface area contributed by atoms with Crippen molar-refractivity contribution in [2.45, 2.75) is 20.8 Å². The average molecular weight is 391 g/mol. The molecule has 0 bridgehead atoms. The van der Waals surface area contributed by atoms with Gasteiger partial charge in [-0.15, -0.1) is 0 Å². The van der Waals surface area contributed by atoms with E-state index in [0.717, 1.165) is 27.8 Å². The van der Waals surface area contributed by atoms with Gasteiger partial charge in [-0.05, 0) is 79.9 Å². The number of hydrogen-bond donors (Lipinski definition) is 1. The Bertz CT molecular complexity index is 1170. The van der Waals surface area contributed by atoms with Crippen LogP contribution in [-0.4, -0.2) is 10.9 Å². The first-order chi connectivity index (χ1) is 13.4. The predicted octanol–water partition coefficient (Wildman–Crippen LogP) is 6.33. The Balaban J connectivity index is 1.68. The van der Waals surface area contributed by atoms with Crippen LogP contribution in [0.25, 0.3) is 22.6 Å². The van der Waals surface area contributed by atoms with Gasteiger partial charge in [0, 0.05) is 21.8 Å². The zero-order valence-electron chi connectivity index (χ0n) is 15.8. The van der Waals surface area contributed by atoms with Crippen LogP contribution in [0.1, 0.15) is 27.0 Å². The highest BCUT2D eigenvalue weighted by Gasteiger charge is 2.13. The van der Waals surface area contributed by atoms with E-state index in [1.807, 2.05) is 44.2 Å². The number of nitrogens with zero attached hydrogens (tertiary/aromatic N) is 1. The van der Waals surface area contributed by atoms with E-state index in [1.54, 1.807) is 24.3 Å². The Kier molecular flexibility index (Phi) is 4.65. The molecule has 0 aliphatic rings. The van der Waals surface area contributed by atoms with Gasteiger partial charge in [-0.3, -0.25) is 4.79 Å². The second kappa shape index (κ2) is 7.13. The van der Waals surface area contributed by atoms with Crippen molar-refractivity contribution in [2.24, 2.45) is 0 Å². The molecule has 1 heterocycles. The summed E-state index contributed by atoms with van der Waals surface area (Å²) in [4.78, 5) is 17.2. The molecule has 4 aromatic rings. The Labute approximate surface area is 168 Å². The fraction of sp³-hybridized carbons (Fsp3) is 0.130. The van der Waals surface area contributed by atoms with E-state index in [4.69, 9.17) is 16.0 Å². The van der Waals surface area contributed by atoms with Crippen molar-refractivity contribution in [1.82, 2.24) is 4.98 Å². The minimum Gasteiger partial charge on any atom is -0.436 e. The third-order valence-electron chi connectivity index (χ3n) is 4.82. The van der Waals surface area contributed by atoms with Gasteiger partial charge in [0.2, 0.25) is 5.89 Å². The number of benzene rings is 3. The molecule has 0 aliphatic carbocycles. The number of hydrogen-bond acceptors (Lipinski definition) is 3. The Morgan fingerprint density at radius 1 is 0.964 bits per heavy atom. The summed E-state index contributed by atoms with van der Waals surface area (Å²) in [5.74, 6) is 0.310. The summed E-state index contributed by atoms with van der Waals surface area (Å²) in [5.41, 5.74) is 6.87. The summed E-state index contributed by atoms with van der Waals surface area (Å²) in [6.45, 7) is 6.04. The number of aryl methyl sites for hydroxylation is 3. The molecule has 0 unspecified atom stereocenters. The molecule has 0 saturated heterocycles. The molecule has 0 saturated carbocycles. The van der Waals surface area contributed by atoms with Gasteiger partial charge < -0.3 is 9.73 Å². The van der Waals surface area contributed by atoms with E-state index < -0.39 is 0 Å². The molecule has 1 N–H and O–H groups in total. The molecule has 3 aromatic carbocycles. The van der Waals surface area contributed by atoms with E-state index in [9.17, 15) is 4.79 Å². The number of carbonyl (C=O) groups excluding carboxylic acids is 1. The molecule has 4 nitrogen and oxygen atoms in total. The number of halogens is 1. The topological polar surface area (TPSA) is 55.1 Å². The highest BCUT2D eigenvalue weighted by atomic mass is 35.5. The SMILES string of the molecule is Cc1cc2nc(-c3ccc(C)c(NC(=O)c4cccc(Cl)c4)c3)oc2cc1C. The second-order valence-electron chi connectivity index (χ2n) is 6.92. The summed E-state index contributed by atoms with van der Waals surface area (Å²) in [5, 5.41) is 3.47. The average Bonchev–Trinajstić information content (AvgIpc) is 3.06. The number of aromatic nitrogens is 1. The zero-order chi connectivity index (χ0) is 19.8. The van der Waals surface area contributed by atoms with Crippen LogP contribution in [0.15, 0.2) is 59.0 Å². The number of oxazole rings is 1. The van der Waals surface area contributed by atoms with Crippen LogP contribution in [0.4, 0.5) is 5.69 Å². The lowest BCUT2D eigenvalue weighted by molar-refractivity contribution is 0.102. The summed E-state index contributed by atoms with van der Waals surface area (Å²) < 4.78 is 5.95. The van der Waals surface area contributed by atoms with E-state index in [2.05, 4.69) is 17.2 Å². The smallest absolute Gasteiger partial charge is 0.255 e. The van der Waals surface area contributed by atoms with Crippen molar-refractivity contribution in [3.8, 4) is 11.5 Å². The van der Waals surface area contributed by atoms with Gasteiger partial charge in [0.15, 0.2) is 5.58 Å². The molecule has 0 spiro atoms. The van der Waals surface area contributed by atoms with E-state index in [-0.39, 0.29) is 5.91 Å². The fourth-order valence-corrected chi connectivity index (χ4v) is 3.21. The van der Waals surface area contributed by atoms with Crippen molar-refractivity contribution < 1.29 is 9.21 Å². The van der Waals surface area contributed by atoms with Crippen LogP contribution in [0.2, 0.25) is 5.02 Å². The van der Waals surface area contributed by atoms with Crippen molar-refractivity contribution in [2.75, 3.05) is 5.32 Å². The van der Waals surface area contributed by atoms with E-state index in [0.29, 0.717) is 22.2 Å². The lowest BCUT2D eigenvalue weighted by atomic mass is 10.1. The molecule has 1 aromatic heterocycles. The van der Waals surface area contributed by atoms with Crippen molar-refractivity contribution in [3.63, 3.8) is 0 Å². The van der Waals surface area contributed by atoms with Gasteiger partial charge in [0.25, 0.3) is 5.91 Å². The largest absolute Gasteiger partial charge is 0.436 e. The van der Waals surface area contributed by atoms with Gasteiger partial charge in [-0.25, -0.2) is 4.98 Å². The Morgan fingerprint density at radius 3 is 2.54 bits per heavy atom. The van der Waals surface area contributed by atoms with E-state index in [1.165, 1.54) is 5.56 Å². The van der Waals surface area contributed by atoms with Crippen LogP contribution in [0, 0.1) is 20.8 Å². The minimum absolute atomic E-state index is 0.216. The lowest BCUT2D eigenvalue weighted by Crippen LogP contribution is -2.12. The standard InChI is InChI=1S/C23H19ClN2O2/c1-13-7-8-17(23-26-20-9-14(2)15(3)10-21(20)28-23)12-19(13)25-22(27)16-5-4-6-18(24)11-16/h4-12H,1-3H3,(H,25,27). The van der Waals surface area contributed by atoms with Crippen LogP contribution >= 0.6 is 11.6 Å². The maximum atomic E-state index is 12.6. The molecular weight excluding hydrogens is 372 g/mol. The Morgan fingerprint density at radius 2 is 1.75 bits per heavy atom. The highest BCUT2D eigenvalue weighted by molar-refractivity contribution is 6.31. The molecule has 140 valence electrons. The van der Waals surface area contributed by atoms with Gasteiger partial charge >= 0.3 is 0 Å². The van der Waals surface area contributed by atoms with Gasteiger partial charge in [0.1, 0.15) is 5.52 Å². The van der Waals surface area contributed by atoms with E-state index >= 15 is 0 Å². The number of anilines is 1. The maximum Gasteiger partial charge on any atom is 0.255 e. The second-order valence-corrected chi connectivity index (χ2v) is 7.35. The fourth-order valence-electron chi connectivity index (χ4n) is 3.02. The first kappa shape index (κ1) is 18.3. The van der Waals surface area contributed by atoms with Gasteiger partial charge in [-0.2, -0.15) is 0 Å². The van der Waals surface area contributed by atoms with Crippen molar-refractivity contribution >= 4 is 34.3 Å². The number of rotatable bonds is 3. The molecule has 0 aliphatic heterocycles. The molecule has 28 heavy (non-hydrogen) atoms. The number of nitrogens with one attached hydrogen (secondary N) is 1. The van der Waals surface area contributed by atoms with Crippen molar-refractivity contribution in [1.29, 1.82) is 0 Å². The summed E-state index contributed by atoms with van der Waals surface area (Å²) >= 11 is 5.99. The number of fused-ring (bicyclic) bond motifs is 1. The van der Waals surface area contributed by atoms with Crippen LogP contribution in [0.5, 0.6) is 0 Å². The van der Waals surface area contributed by atoms with Crippen molar-refractivity contribution in [3.05, 3.63) is 81.9 Å². The molecular formula is C23H19ClN2O2. The van der Waals surface area contributed by atoms with Crippen LogP contribution in [0.3, 0.4) is 0 Å². The van der Waals surface area contributed by atoms with Gasteiger partial charge in [-0.1, -0.05) is 23.7 Å². The van der Waals surface area contributed by atoms with Gasteiger partial charge in [0.05, 0.1) is 0 Å². The quantitative estimate of drug-likeness (QED) is 0.445. The maximum absolute atomic E-state index is 12.6. The number of carbonyl (C=O) groups is 1. The normalized spacial score (nSPS) is 11.0. The third kappa shape index (κ3) is 3.51. The zero-order valence-corrected chi connectivity index (χ0v) is 16.6. The Hall–Kier alpha value is -3.11. The summed E-state index contributed by atoms with van der Waals surface area (Å²) in [6, 6.07) is 16.6. The summed E-state index contributed by atoms with van der Waals surface area (Å²) in [6.07, 6.45) is 0. The highest BCUT2D eigenvalue weighted by Crippen LogP contribution is 2.29. The summed E-state index contributed by atoms with van der Waals surface area (Å²) in [7, 11) is 0. The lowest BCUT2D eigenvalue weighted by Gasteiger charge is -2.10. The molecule has 0 atom stereocenters. The molecule has 0 fully saturated rings. The van der Waals surface area contributed by atoms with Crippen LogP contribution in [-0.2, 0) is 0 Å². The first-order valence-corrected chi connectivity index (χ1v) is 9.34. The molecule has 4 rings (SSSR count).